The topological polar surface area (TPSA) is 71.0 Å². The van der Waals surface area contributed by atoms with Gasteiger partial charge in [-0.15, -0.1) is 0 Å². The van der Waals surface area contributed by atoms with Gasteiger partial charge in [-0.3, -0.25) is 4.79 Å². The van der Waals surface area contributed by atoms with Crippen LogP contribution in [0.25, 0.3) is 0 Å². The molecular weight excluding hydrogens is 418 g/mol. The average molecular weight is 454 g/mol. The lowest BCUT2D eigenvalue weighted by Crippen LogP contribution is -2.48. The largest absolute Gasteiger partial charge is 0.493 e. The molecule has 2 fully saturated rings. The molecule has 2 aromatic rings. The lowest BCUT2D eigenvalue weighted by atomic mass is 10.1. The first kappa shape index (κ1) is 23.3. The molecule has 33 heavy (non-hydrogen) atoms. The number of aromatic nitrogens is 2. The summed E-state index contributed by atoms with van der Waals surface area (Å²) in [6.07, 6.45) is 6.07. The summed E-state index contributed by atoms with van der Waals surface area (Å²) in [5.74, 6) is 3.33. The third-order valence-corrected chi connectivity index (χ3v) is 6.40. The number of carbonyl (C=O) groups excluding carboxylic acids is 1. The molecule has 1 aromatic carbocycles. The molecule has 4 rings (SSSR count). The number of rotatable bonds is 9. The molecular formula is C25H35N5O3. The summed E-state index contributed by atoms with van der Waals surface area (Å²) in [5, 5.41) is 0. The molecule has 3 heterocycles. The predicted octanol–water partition coefficient (Wildman–Crippen LogP) is 2.61. The SMILES string of the molecule is COc1ccc(Cc2nccc(N3CCN(C(C)=O)CC3)n2)cc1OCCCN1CCCC1. The number of likely N-dealkylation sites (tertiary alicyclic amines) is 1. The Balaban J connectivity index is 1.35. The smallest absolute Gasteiger partial charge is 0.219 e. The molecule has 1 amide bonds. The summed E-state index contributed by atoms with van der Waals surface area (Å²) in [6, 6.07) is 7.97. The quantitative estimate of drug-likeness (QED) is 0.541. The number of methoxy groups -OCH3 is 1. The lowest BCUT2D eigenvalue weighted by molar-refractivity contribution is -0.129. The first-order valence-corrected chi connectivity index (χ1v) is 12.0. The molecule has 8 nitrogen and oxygen atoms in total. The maximum absolute atomic E-state index is 11.6. The molecule has 1 aromatic heterocycles. The maximum Gasteiger partial charge on any atom is 0.219 e. The Hall–Kier alpha value is -2.87. The van der Waals surface area contributed by atoms with Crippen LogP contribution in [0.1, 0.15) is 37.6 Å². The van der Waals surface area contributed by atoms with Crippen molar-refractivity contribution in [3.05, 3.63) is 41.9 Å². The van der Waals surface area contributed by atoms with E-state index in [4.69, 9.17) is 14.5 Å². The molecule has 2 saturated heterocycles. The number of piperazine rings is 1. The standard InChI is InChI=1S/C25H35N5O3/c1-20(31)29-13-15-30(16-14-29)25-8-9-26-24(27-25)19-21-6-7-22(32-2)23(18-21)33-17-5-12-28-10-3-4-11-28/h6-9,18H,3-5,10-17,19H2,1-2H3. The van der Waals surface area contributed by atoms with Crippen LogP contribution in [0.2, 0.25) is 0 Å². The molecule has 8 heteroatoms. The van der Waals surface area contributed by atoms with Crippen molar-refractivity contribution in [2.24, 2.45) is 0 Å². The lowest BCUT2D eigenvalue weighted by Gasteiger charge is -2.34. The van der Waals surface area contributed by atoms with Gasteiger partial charge in [-0.25, -0.2) is 9.97 Å². The third kappa shape index (κ3) is 6.35. The zero-order valence-corrected chi connectivity index (χ0v) is 19.8. The van der Waals surface area contributed by atoms with E-state index in [2.05, 4.69) is 14.8 Å². The molecule has 0 bridgehead atoms. The minimum Gasteiger partial charge on any atom is -0.493 e. The molecule has 0 aliphatic carbocycles. The van der Waals surface area contributed by atoms with Gasteiger partial charge in [0.2, 0.25) is 5.91 Å². The summed E-state index contributed by atoms with van der Waals surface area (Å²) in [6.45, 7) is 8.84. The van der Waals surface area contributed by atoms with E-state index < -0.39 is 0 Å². The number of ether oxygens (including phenoxy) is 2. The van der Waals surface area contributed by atoms with E-state index >= 15 is 0 Å². The number of carbonyl (C=O) groups is 1. The summed E-state index contributed by atoms with van der Waals surface area (Å²) >= 11 is 0. The number of anilines is 1. The third-order valence-electron chi connectivity index (χ3n) is 6.40. The normalized spacial score (nSPS) is 16.8. The first-order valence-electron chi connectivity index (χ1n) is 12.0. The van der Waals surface area contributed by atoms with Crippen molar-refractivity contribution < 1.29 is 14.3 Å². The van der Waals surface area contributed by atoms with Crippen LogP contribution in [-0.2, 0) is 11.2 Å². The fraction of sp³-hybridized carbons (Fsp3) is 0.560. The summed E-state index contributed by atoms with van der Waals surface area (Å²) in [7, 11) is 1.67. The molecule has 2 aliphatic heterocycles. The predicted molar refractivity (Wildman–Crippen MR) is 128 cm³/mol. The van der Waals surface area contributed by atoms with Crippen molar-refractivity contribution in [3.63, 3.8) is 0 Å². The highest BCUT2D eigenvalue weighted by atomic mass is 16.5. The van der Waals surface area contributed by atoms with Crippen LogP contribution in [0.4, 0.5) is 5.82 Å². The van der Waals surface area contributed by atoms with Gasteiger partial charge >= 0.3 is 0 Å². The Morgan fingerprint density at radius 3 is 2.55 bits per heavy atom. The molecule has 0 spiro atoms. The Morgan fingerprint density at radius 2 is 1.82 bits per heavy atom. The second kappa shape index (κ2) is 11.3. The minimum atomic E-state index is 0.131. The van der Waals surface area contributed by atoms with Crippen LogP contribution in [0.5, 0.6) is 11.5 Å². The highest BCUT2D eigenvalue weighted by Crippen LogP contribution is 2.29. The number of amides is 1. The van der Waals surface area contributed by atoms with Crippen LogP contribution in [-0.4, -0.2) is 85.2 Å². The number of hydrogen-bond acceptors (Lipinski definition) is 7. The molecule has 178 valence electrons. The number of hydrogen-bond donors (Lipinski definition) is 0. The van der Waals surface area contributed by atoms with Gasteiger partial charge in [0.25, 0.3) is 0 Å². The Morgan fingerprint density at radius 1 is 1.03 bits per heavy atom. The zero-order valence-electron chi connectivity index (χ0n) is 19.8. The van der Waals surface area contributed by atoms with Gasteiger partial charge in [-0.05, 0) is 56.1 Å². The minimum absolute atomic E-state index is 0.131. The van der Waals surface area contributed by atoms with E-state index in [1.807, 2.05) is 35.4 Å². The van der Waals surface area contributed by atoms with Crippen molar-refractivity contribution in [2.45, 2.75) is 32.6 Å². The van der Waals surface area contributed by atoms with E-state index in [1.54, 1.807) is 14.0 Å². The van der Waals surface area contributed by atoms with Gasteiger partial charge < -0.3 is 24.2 Å². The van der Waals surface area contributed by atoms with E-state index in [0.717, 1.165) is 67.8 Å². The fourth-order valence-electron chi connectivity index (χ4n) is 4.50. The highest BCUT2D eigenvalue weighted by molar-refractivity contribution is 5.73. The van der Waals surface area contributed by atoms with Crippen LogP contribution >= 0.6 is 0 Å². The van der Waals surface area contributed by atoms with Crippen LogP contribution < -0.4 is 14.4 Å². The van der Waals surface area contributed by atoms with Crippen molar-refractivity contribution in [3.8, 4) is 11.5 Å². The number of benzene rings is 1. The fourth-order valence-corrected chi connectivity index (χ4v) is 4.50. The number of nitrogens with zero attached hydrogens (tertiary/aromatic N) is 5. The van der Waals surface area contributed by atoms with Gasteiger partial charge in [-0.1, -0.05) is 6.07 Å². The molecule has 0 saturated carbocycles. The maximum atomic E-state index is 11.6. The Labute approximate surface area is 196 Å². The van der Waals surface area contributed by atoms with Gasteiger partial charge in [0, 0.05) is 52.3 Å². The van der Waals surface area contributed by atoms with Crippen LogP contribution in [0.15, 0.2) is 30.5 Å². The second-order valence-electron chi connectivity index (χ2n) is 8.74. The summed E-state index contributed by atoms with van der Waals surface area (Å²) < 4.78 is 11.6. The van der Waals surface area contributed by atoms with Crippen molar-refractivity contribution >= 4 is 11.7 Å². The molecule has 2 aliphatic rings. The summed E-state index contributed by atoms with van der Waals surface area (Å²) in [5.41, 5.74) is 1.09. The van der Waals surface area contributed by atoms with E-state index in [0.29, 0.717) is 13.0 Å². The van der Waals surface area contributed by atoms with Crippen molar-refractivity contribution in [2.75, 3.05) is 64.4 Å². The van der Waals surface area contributed by atoms with Gasteiger partial charge in [0.05, 0.1) is 13.7 Å². The van der Waals surface area contributed by atoms with Crippen LogP contribution in [0.3, 0.4) is 0 Å². The second-order valence-corrected chi connectivity index (χ2v) is 8.74. The van der Waals surface area contributed by atoms with Crippen LogP contribution in [0, 0.1) is 0 Å². The Kier molecular flexibility index (Phi) is 7.99. The van der Waals surface area contributed by atoms with Gasteiger partial charge in [0.15, 0.2) is 11.5 Å². The zero-order chi connectivity index (χ0) is 23.0. The Bertz CT molecular complexity index is 924. The average Bonchev–Trinajstić information content (AvgIpc) is 3.36. The summed E-state index contributed by atoms with van der Waals surface area (Å²) in [4.78, 5) is 27.4. The van der Waals surface area contributed by atoms with Crippen molar-refractivity contribution in [1.82, 2.24) is 19.8 Å². The molecule has 0 unspecified atom stereocenters. The van der Waals surface area contributed by atoms with E-state index in [9.17, 15) is 4.79 Å². The monoisotopic (exact) mass is 453 g/mol. The molecule has 0 radical (unpaired) electrons. The highest BCUT2D eigenvalue weighted by Gasteiger charge is 2.20. The van der Waals surface area contributed by atoms with Crippen molar-refractivity contribution in [1.29, 1.82) is 0 Å². The molecule has 0 N–H and O–H groups in total. The molecule has 0 atom stereocenters. The van der Waals surface area contributed by atoms with E-state index in [1.165, 1.54) is 25.9 Å². The van der Waals surface area contributed by atoms with E-state index in [-0.39, 0.29) is 5.91 Å². The first-order chi connectivity index (χ1) is 16.1. The van der Waals surface area contributed by atoms with Gasteiger partial charge in [-0.2, -0.15) is 0 Å². The van der Waals surface area contributed by atoms with Gasteiger partial charge in [0.1, 0.15) is 11.6 Å².